The van der Waals surface area contributed by atoms with Crippen LogP contribution in [0.4, 0.5) is 5.69 Å². The number of hydrogen-bond donors (Lipinski definition) is 1. The lowest BCUT2D eigenvalue weighted by molar-refractivity contribution is -0.128. The molecule has 2 aromatic rings. The number of nitrogens with zero attached hydrogens (tertiary/aromatic N) is 1. The van der Waals surface area contributed by atoms with Crippen LogP contribution in [0.25, 0.3) is 0 Å². The Morgan fingerprint density at radius 2 is 1.89 bits per heavy atom. The highest BCUT2D eigenvalue weighted by Gasteiger charge is 2.34. The molecule has 0 saturated carbocycles. The molecule has 1 aliphatic rings. The first-order valence-corrected chi connectivity index (χ1v) is 9.59. The Morgan fingerprint density at radius 1 is 1.18 bits per heavy atom. The normalized spacial score (nSPS) is 16.9. The second-order valence-corrected chi connectivity index (χ2v) is 8.32. The molecule has 1 N–H and O–H groups in total. The molecule has 0 aliphatic carbocycles. The maximum atomic E-state index is 12.8. The number of anilines is 1. The third kappa shape index (κ3) is 4.53. The lowest BCUT2D eigenvalue weighted by Crippen LogP contribution is -2.28. The molecule has 2 amide bonds. The maximum absolute atomic E-state index is 12.8. The largest absolute Gasteiger partial charge is 0.495 e. The SMILES string of the molecule is COc1ccc(C(C)(C)C)cc1NC(=O)C1CC(=O)N(Cc2ccccc2)C1. The van der Waals surface area contributed by atoms with Gasteiger partial charge in [-0.2, -0.15) is 0 Å². The topological polar surface area (TPSA) is 58.6 Å². The summed E-state index contributed by atoms with van der Waals surface area (Å²) >= 11 is 0. The highest BCUT2D eigenvalue weighted by molar-refractivity contribution is 5.98. The Hall–Kier alpha value is -2.82. The number of benzene rings is 2. The van der Waals surface area contributed by atoms with Crippen LogP contribution in [0.5, 0.6) is 5.75 Å². The van der Waals surface area contributed by atoms with Crippen molar-refractivity contribution in [1.29, 1.82) is 0 Å². The fourth-order valence-corrected chi connectivity index (χ4v) is 3.41. The molecule has 28 heavy (non-hydrogen) atoms. The quantitative estimate of drug-likeness (QED) is 0.854. The third-order valence-corrected chi connectivity index (χ3v) is 5.12. The van der Waals surface area contributed by atoms with Gasteiger partial charge in [0.05, 0.1) is 18.7 Å². The molecule has 148 valence electrons. The Labute approximate surface area is 166 Å². The molecule has 1 saturated heterocycles. The summed E-state index contributed by atoms with van der Waals surface area (Å²) in [7, 11) is 1.59. The van der Waals surface area contributed by atoms with Crippen LogP contribution in [0.1, 0.15) is 38.3 Å². The number of nitrogens with one attached hydrogen (secondary N) is 1. The molecular formula is C23H28N2O3. The molecule has 1 aliphatic heterocycles. The molecule has 5 nitrogen and oxygen atoms in total. The number of amides is 2. The van der Waals surface area contributed by atoms with Crippen molar-refractivity contribution in [3.05, 3.63) is 59.7 Å². The van der Waals surface area contributed by atoms with E-state index in [4.69, 9.17) is 4.74 Å². The molecular weight excluding hydrogens is 352 g/mol. The van der Waals surface area contributed by atoms with E-state index in [1.807, 2.05) is 48.5 Å². The Kier molecular flexibility index (Phi) is 5.73. The molecule has 1 heterocycles. The molecule has 1 fully saturated rings. The van der Waals surface area contributed by atoms with Crippen LogP contribution < -0.4 is 10.1 Å². The predicted molar refractivity (Wildman–Crippen MR) is 110 cm³/mol. The predicted octanol–water partition coefficient (Wildman–Crippen LogP) is 3.98. The summed E-state index contributed by atoms with van der Waals surface area (Å²) < 4.78 is 5.41. The van der Waals surface area contributed by atoms with E-state index < -0.39 is 0 Å². The lowest BCUT2D eigenvalue weighted by atomic mass is 9.86. The van der Waals surface area contributed by atoms with Crippen molar-refractivity contribution in [2.24, 2.45) is 5.92 Å². The second kappa shape index (κ2) is 8.05. The van der Waals surface area contributed by atoms with Crippen molar-refractivity contribution >= 4 is 17.5 Å². The summed E-state index contributed by atoms with van der Waals surface area (Å²) in [5, 5.41) is 2.98. The van der Waals surface area contributed by atoms with Crippen LogP contribution >= 0.6 is 0 Å². The van der Waals surface area contributed by atoms with Gasteiger partial charge in [-0.25, -0.2) is 0 Å². The highest BCUT2D eigenvalue weighted by atomic mass is 16.5. The number of likely N-dealkylation sites (tertiary alicyclic amines) is 1. The second-order valence-electron chi connectivity index (χ2n) is 8.32. The summed E-state index contributed by atoms with van der Waals surface area (Å²) in [6.07, 6.45) is 0.236. The summed E-state index contributed by atoms with van der Waals surface area (Å²) in [6.45, 7) is 7.33. The minimum Gasteiger partial charge on any atom is -0.495 e. The number of hydrogen-bond acceptors (Lipinski definition) is 3. The summed E-state index contributed by atoms with van der Waals surface area (Å²) in [6, 6.07) is 15.7. The fourth-order valence-electron chi connectivity index (χ4n) is 3.41. The lowest BCUT2D eigenvalue weighted by Gasteiger charge is -2.22. The van der Waals surface area contributed by atoms with E-state index >= 15 is 0 Å². The minimum atomic E-state index is -0.362. The zero-order valence-electron chi connectivity index (χ0n) is 17.0. The first-order valence-electron chi connectivity index (χ1n) is 9.59. The van der Waals surface area contributed by atoms with Gasteiger partial charge in [0.1, 0.15) is 5.75 Å². The number of carbonyl (C=O) groups excluding carboxylic acids is 2. The molecule has 1 atom stereocenters. The molecule has 2 aromatic carbocycles. The van der Waals surface area contributed by atoms with Crippen LogP contribution in [0.15, 0.2) is 48.5 Å². The van der Waals surface area contributed by atoms with Gasteiger partial charge >= 0.3 is 0 Å². The molecule has 5 heteroatoms. The van der Waals surface area contributed by atoms with Gasteiger partial charge in [0.25, 0.3) is 0 Å². The summed E-state index contributed by atoms with van der Waals surface area (Å²) in [5.74, 6) is 0.124. The average molecular weight is 380 g/mol. The summed E-state index contributed by atoms with van der Waals surface area (Å²) in [5.41, 5.74) is 2.78. The molecule has 1 unspecified atom stereocenters. The van der Waals surface area contributed by atoms with Gasteiger partial charge in [-0.05, 0) is 28.7 Å². The highest BCUT2D eigenvalue weighted by Crippen LogP contribution is 2.32. The van der Waals surface area contributed by atoms with Gasteiger partial charge in [0.15, 0.2) is 0 Å². The standard InChI is InChI=1S/C23H28N2O3/c1-23(2,3)18-10-11-20(28-4)19(13-18)24-22(27)17-12-21(26)25(15-17)14-16-8-6-5-7-9-16/h5-11,13,17H,12,14-15H2,1-4H3,(H,24,27). The monoisotopic (exact) mass is 380 g/mol. The summed E-state index contributed by atoms with van der Waals surface area (Å²) in [4.78, 5) is 27.0. The van der Waals surface area contributed by atoms with E-state index in [1.54, 1.807) is 12.0 Å². The van der Waals surface area contributed by atoms with E-state index in [0.717, 1.165) is 11.1 Å². The van der Waals surface area contributed by atoms with Crippen molar-refractivity contribution in [1.82, 2.24) is 4.90 Å². The minimum absolute atomic E-state index is 0.0133. The van der Waals surface area contributed by atoms with Crippen molar-refractivity contribution < 1.29 is 14.3 Å². The van der Waals surface area contributed by atoms with Crippen molar-refractivity contribution in [3.8, 4) is 5.75 Å². The Balaban J connectivity index is 1.71. The van der Waals surface area contributed by atoms with Crippen molar-refractivity contribution in [3.63, 3.8) is 0 Å². The molecule has 0 aromatic heterocycles. The van der Waals surface area contributed by atoms with Gasteiger partial charge in [0, 0.05) is 19.5 Å². The van der Waals surface area contributed by atoms with Crippen LogP contribution in [0.3, 0.4) is 0 Å². The molecule has 0 radical (unpaired) electrons. The first kappa shape index (κ1) is 19.9. The van der Waals surface area contributed by atoms with Gasteiger partial charge in [-0.15, -0.1) is 0 Å². The molecule has 3 rings (SSSR count). The van der Waals surface area contributed by atoms with Crippen LogP contribution in [-0.2, 0) is 21.5 Å². The van der Waals surface area contributed by atoms with Gasteiger partial charge < -0.3 is 15.0 Å². The van der Waals surface area contributed by atoms with E-state index in [1.165, 1.54) is 0 Å². The van der Waals surface area contributed by atoms with Crippen LogP contribution in [-0.4, -0.2) is 30.4 Å². The zero-order chi connectivity index (χ0) is 20.3. The van der Waals surface area contributed by atoms with Gasteiger partial charge in [-0.3, -0.25) is 9.59 Å². The fraction of sp³-hybridized carbons (Fsp3) is 0.391. The van der Waals surface area contributed by atoms with E-state index in [9.17, 15) is 9.59 Å². The number of methoxy groups -OCH3 is 1. The van der Waals surface area contributed by atoms with Gasteiger partial charge in [0.2, 0.25) is 11.8 Å². The maximum Gasteiger partial charge on any atom is 0.229 e. The Bertz CT molecular complexity index is 856. The first-order chi connectivity index (χ1) is 13.3. The molecule has 0 bridgehead atoms. The number of carbonyl (C=O) groups is 2. The smallest absolute Gasteiger partial charge is 0.229 e. The molecule has 0 spiro atoms. The van der Waals surface area contributed by atoms with E-state index in [0.29, 0.717) is 24.5 Å². The van der Waals surface area contributed by atoms with Crippen LogP contribution in [0, 0.1) is 5.92 Å². The van der Waals surface area contributed by atoms with E-state index in [2.05, 4.69) is 26.1 Å². The van der Waals surface area contributed by atoms with Crippen LogP contribution in [0.2, 0.25) is 0 Å². The number of ether oxygens (including phenoxy) is 1. The zero-order valence-corrected chi connectivity index (χ0v) is 17.0. The third-order valence-electron chi connectivity index (χ3n) is 5.12. The van der Waals surface area contributed by atoms with Crippen molar-refractivity contribution in [2.45, 2.75) is 39.2 Å². The average Bonchev–Trinajstić information content (AvgIpc) is 3.02. The Morgan fingerprint density at radius 3 is 2.54 bits per heavy atom. The van der Waals surface area contributed by atoms with Gasteiger partial charge in [-0.1, -0.05) is 57.2 Å². The van der Waals surface area contributed by atoms with Crippen molar-refractivity contribution in [2.75, 3.05) is 19.0 Å². The number of rotatable bonds is 5. The van der Waals surface area contributed by atoms with E-state index in [-0.39, 0.29) is 29.6 Å².